The van der Waals surface area contributed by atoms with E-state index in [9.17, 15) is 9.59 Å². The first-order chi connectivity index (χ1) is 20.4. The van der Waals surface area contributed by atoms with E-state index in [1.807, 2.05) is 72.8 Å². The van der Waals surface area contributed by atoms with Gasteiger partial charge in [-0.1, -0.05) is 111 Å². The number of hydrogen-bond acceptors (Lipinski definition) is 6. The van der Waals surface area contributed by atoms with Gasteiger partial charge in [0, 0.05) is 5.56 Å². The third kappa shape index (κ3) is 6.16. The lowest BCUT2D eigenvalue weighted by Gasteiger charge is -2.26. The summed E-state index contributed by atoms with van der Waals surface area (Å²) in [6.45, 7) is 8.79. The molecule has 0 fully saturated rings. The van der Waals surface area contributed by atoms with Gasteiger partial charge in [-0.25, -0.2) is 9.79 Å². The Morgan fingerprint density at radius 1 is 1.00 bits per heavy atom. The van der Waals surface area contributed by atoms with Crippen molar-refractivity contribution >= 4 is 23.4 Å². The maximum absolute atomic E-state index is 14.1. The number of benzene rings is 3. The fourth-order valence-electron chi connectivity index (χ4n) is 5.11. The summed E-state index contributed by atoms with van der Waals surface area (Å²) in [7, 11) is 0. The van der Waals surface area contributed by atoms with Gasteiger partial charge in [-0.2, -0.15) is 0 Å². The molecule has 5 rings (SSSR count). The Labute approximate surface area is 250 Å². The van der Waals surface area contributed by atoms with Crippen LogP contribution < -0.4 is 19.6 Å². The van der Waals surface area contributed by atoms with E-state index >= 15 is 0 Å². The van der Waals surface area contributed by atoms with Crippen molar-refractivity contribution in [2.45, 2.75) is 59.1 Å². The monoisotopic (exact) mass is 580 g/mol. The Balaban J connectivity index is 1.64. The molecule has 6 nitrogen and oxygen atoms in total. The number of para-hydroxylation sites is 1. The molecule has 1 atom stereocenters. The van der Waals surface area contributed by atoms with Crippen LogP contribution in [0.5, 0.6) is 5.75 Å². The molecule has 0 bridgehead atoms. The van der Waals surface area contributed by atoms with Crippen LogP contribution >= 0.6 is 11.3 Å². The number of carbonyl (C=O) groups is 1. The minimum absolute atomic E-state index is 0.202. The third-order valence-electron chi connectivity index (χ3n) is 7.25. The second-order valence-electron chi connectivity index (χ2n) is 10.5. The van der Waals surface area contributed by atoms with Crippen LogP contribution in [0.15, 0.2) is 99.9 Å². The molecule has 4 aromatic rings. The number of rotatable bonds is 10. The number of nitrogens with zero attached hydrogens (tertiary/aromatic N) is 2. The summed E-state index contributed by atoms with van der Waals surface area (Å²) in [6, 6.07) is 25.2. The summed E-state index contributed by atoms with van der Waals surface area (Å²) in [5.41, 5.74) is 4.81. The maximum Gasteiger partial charge on any atom is 0.338 e. The largest absolute Gasteiger partial charge is 0.488 e. The minimum Gasteiger partial charge on any atom is -0.488 e. The second-order valence-corrected chi connectivity index (χ2v) is 11.6. The van der Waals surface area contributed by atoms with Crippen molar-refractivity contribution in [2.75, 3.05) is 6.61 Å². The molecule has 0 saturated heterocycles. The number of hydrogen-bond donors (Lipinski definition) is 0. The molecule has 1 aliphatic heterocycles. The van der Waals surface area contributed by atoms with E-state index in [0.29, 0.717) is 45.3 Å². The zero-order valence-corrected chi connectivity index (χ0v) is 25.3. The Bertz CT molecular complexity index is 1770. The summed E-state index contributed by atoms with van der Waals surface area (Å²) in [5, 5.41) is 0. The van der Waals surface area contributed by atoms with Crippen LogP contribution in [-0.4, -0.2) is 17.1 Å². The average molecular weight is 581 g/mol. The predicted octanol–water partition coefficient (Wildman–Crippen LogP) is 6.28. The first kappa shape index (κ1) is 29.3. The van der Waals surface area contributed by atoms with E-state index in [1.165, 1.54) is 16.9 Å². The van der Waals surface area contributed by atoms with Crippen molar-refractivity contribution in [3.8, 4) is 5.75 Å². The summed E-state index contributed by atoms with van der Waals surface area (Å²) in [4.78, 5) is 33.0. The standard InChI is InChI=1S/C35H36N2O4S/c1-5-12-28-31(34(39)40-6-2)32(26-19-17-25(18-20-26)23(3)4)37-33(38)30(42-35(37)36-28)21-27-15-10-11-16-29(27)41-22-24-13-8-7-9-14-24/h7-11,13-21,23,32H,5-6,12,22H2,1-4H3/b30-21+/t32-/m0/s1. The lowest BCUT2D eigenvalue weighted by molar-refractivity contribution is -0.139. The number of ether oxygens (including phenoxy) is 2. The quantitative estimate of drug-likeness (QED) is 0.207. The van der Waals surface area contributed by atoms with Gasteiger partial charge in [0.25, 0.3) is 5.56 Å². The number of fused-ring (bicyclic) bond motifs is 1. The lowest BCUT2D eigenvalue weighted by Crippen LogP contribution is -2.40. The van der Waals surface area contributed by atoms with Crippen LogP contribution in [0.4, 0.5) is 0 Å². The zero-order chi connectivity index (χ0) is 29.6. The molecule has 2 heterocycles. The Hall–Kier alpha value is -4.23. The van der Waals surface area contributed by atoms with E-state index in [2.05, 4.69) is 32.9 Å². The van der Waals surface area contributed by atoms with Gasteiger partial charge in [0.15, 0.2) is 4.80 Å². The molecular weight excluding hydrogens is 544 g/mol. The molecule has 7 heteroatoms. The fraction of sp³-hybridized carbons (Fsp3) is 0.286. The minimum atomic E-state index is -0.630. The van der Waals surface area contributed by atoms with Crippen LogP contribution in [0.3, 0.4) is 0 Å². The van der Waals surface area contributed by atoms with Gasteiger partial charge in [-0.3, -0.25) is 9.36 Å². The van der Waals surface area contributed by atoms with E-state index in [0.717, 1.165) is 23.1 Å². The molecule has 0 unspecified atom stereocenters. The predicted molar refractivity (Wildman–Crippen MR) is 167 cm³/mol. The SMILES string of the molecule is CCCC1=C(C(=O)OCC)[C@H](c2ccc(C(C)C)cc2)n2c(s/c(=C/c3ccccc3OCc3ccccc3)c2=O)=N1. The molecule has 0 radical (unpaired) electrons. The highest BCUT2D eigenvalue weighted by Crippen LogP contribution is 2.33. The van der Waals surface area contributed by atoms with Gasteiger partial charge in [-0.15, -0.1) is 0 Å². The molecule has 42 heavy (non-hydrogen) atoms. The van der Waals surface area contributed by atoms with Gasteiger partial charge in [0.2, 0.25) is 0 Å². The van der Waals surface area contributed by atoms with Gasteiger partial charge >= 0.3 is 5.97 Å². The molecule has 1 aromatic heterocycles. The topological polar surface area (TPSA) is 69.9 Å². The number of esters is 1. The molecule has 0 amide bonds. The molecular formula is C35H36N2O4S. The second kappa shape index (κ2) is 13.2. The van der Waals surface area contributed by atoms with E-state index in [-0.39, 0.29) is 12.2 Å². The Kier molecular flexibility index (Phi) is 9.18. The third-order valence-corrected chi connectivity index (χ3v) is 8.24. The summed E-state index contributed by atoms with van der Waals surface area (Å²) < 4.78 is 13.8. The van der Waals surface area contributed by atoms with Crippen molar-refractivity contribution in [3.05, 3.63) is 132 Å². The normalized spacial score (nSPS) is 15.0. The summed E-state index contributed by atoms with van der Waals surface area (Å²) in [6.07, 6.45) is 3.27. The molecule has 216 valence electrons. The van der Waals surface area contributed by atoms with Crippen molar-refractivity contribution in [3.63, 3.8) is 0 Å². The molecule has 0 aliphatic carbocycles. The van der Waals surface area contributed by atoms with Crippen molar-refractivity contribution in [1.29, 1.82) is 0 Å². The van der Waals surface area contributed by atoms with Gasteiger partial charge < -0.3 is 9.47 Å². The van der Waals surface area contributed by atoms with E-state index in [4.69, 9.17) is 14.5 Å². The summed E-state index contributed by atoms with van der Waals surface area (Å²) in [5.74, 6) is 0.615. The zero-order valence-electron chi connectivity index (χ0n) is 24.5. The molecule has 3 aromatic carbocycles. The van der Waals surface area contributed by atoms with Gasteiger partial charge in [0.1, 0.15) is 12.4 Å². The Morgan fingerprint density at radius 2 is 1.71 bits per heavy atom. The molecule has 0 spiro atoms. The van der Waals surface area contributed by atoms with Crippen LogP contribution in [0.25, 0.3) is 6.08 Å². The van der Waals surface area contributed by atoms with Crippen molar-refractivity contribution < 1.29 is 14.3 Å². The molecule has 0 saturated carbocycles. The van der Waals surface area contributed by atoms with Crippen LogP contribution in [0.1, 0.15) is 74.8 Å². The first-order valence-corrected chi connectivity index (χ1v) is 15.3. The van der Waals surface area contributed by atoms with E-state index < -0.39 is 12.0 Å². The first-order valence-electron chi connectivity index (χ1n) is 14.5. The van der Waals surface area contributed by atoms with Crippen LogP contribution in [-0.2, 0) is 16.1 Å². The summed E-state index contributed by atoms with van der Waals surface area (Å²) >= 11 is 1.33. The highest BCUT2D eigenvalue weighted by Gasteiger charge is 2.34. The van der Waals surface area contributed by atoms with Crippen LogP contribution in [0, 0.1) is 0 Å². The highest BCUT2D eigenvalue weighted by atomic mass is 32.1. The van der Waals surface area contributed by atoms with Crippen molar-refractivity contribution in [1.82, 2.24) is 4.57 Å². The smallest absolute Gasteiger partial charge is 0.338 e. The van der Waals surface area contributed by atoms with Crippen molar-refractivity contribution in [2.24, 2.45) is 4.99 Å². The molecule has 0 N–H and O–H groups in total. The van der Waals surface area contributed by atoms with Crippen LogP contribution in [0.2, 0.25) is 0 Å². The maximum atomic E-state index is 14.1. The number of aromatic nitrogens is 1. The van der Waals surface area contributed by atoms with Gasteiger partial charge in [-0.05, 0) is 48.1 Å². The molecule has 1 aliphatic rings. The number of allylic oxidation sites excluding steroid dienone is 1. The lowest BCUT2D eigenvalue weighted by atomic mass is 9.92. The van der Waals surface area contributed by atoms with Gasteiger partial charge in [0.05, 0.1) is 28.5 Å². The Morgan fingerprint density at radius 3 is 2.40 bits per heavy atom. The number of thiazole rings is 1. The van der Waals surface area contributed by atoms with E-state index in [1.54, 1.807) is 11.5 Å². The highest BCUT2D eigenvalue weighted by molar-refractivity contribution is 7.07. The fourth-order valence-corrected chi connectivity index (χ4v) is 6.12. The number of carbonyl (C=O) groups excluding carboxylic acids is 1. The average Bonchev–Trinajstić information content (AvgIpc) is 3.31.